The first-order valence-electron chi connectivity index (χ1n) is 10.2. The minimum Gasteiger partial charge on any atom is -0.353 e. The van der Waals surface area contributed by atoms with Crippen LogP contribution in [0, 0.1) is 5.82 Å². The lowest BCUT2D eigenvalue weighted by molar-refractivity contribution is -0.00869. The summed E-state index contributed by atoms with van der Waals surface area (Å²) in [5.41, 5.74) is 3.89. The summed E-state index contributed by atoms with van der Waals surface area (Å²) in [5.74, 6) is 0.830. The highest BCUT2D eigenvalue weighted by molar-refractivity contribution is 5.90. The fourth-order valence-electron chi connectivity index (χ4n) is 4.75. The van der Waals surface area contributed by atoms with Gasteiger partial charge in [0.15, 0.2) is 0 Å². The van der Waals surface area contributed by atoms with Crippen molar-refractivity contribution in [3.63, 3.8) is 0 Å². The number of aromatic nitrogens is 4. The highest BCUT2D eigenvalue weighted by Crippen LogP contribution is 2.35. The van der Waals surface area contributed by atoms with E-state index in [1.165, 1.54) is 12.0 Å². The lowest BCUT2D eigenvalue weighted by Crippen LogP contribution is -2.68. The third-order valence-electron chi connectivity index (χ3n) is 6.32. The van der Waals surface area contributed by atoms with E-state index in [1.54, 1.807) is 18.5 Å². The zero-order chi connectivity index (χ0) is 20.1. The number of benzene rings is 1. The molecule has 2 unspecified atom stereocenters. The minimum absolute atomic E-state index is 0.178. The molecule has 7 rings (SSSR count). The van der Waals surface area contributed by atoms with E-state index in [2.05, 4.69) is 36.9 Å². The van der Waals surface area contributed by atoms with E-state index in [0.717, 1.165) is 47.7 Å². The molecule has 1 N–H and O–H groups in total. The topological polar surface area (TPSA) is 60.9 Å². The van der Waals surface area contributed by atoms with Gasteiger partial charge in [-0.3, -0.25) is 4.90 Å². The Labute approximate surface area is 173 Å². The molecule has 2 bridgehead atoms. The second-order valence-corrected chi connectivity index (χ2v) is 8.11. The second-order valence-electron chi connectivity index (χ2n) is 8.11. The average Bonchev–Trinajstić information content (AvgIpc) is 3.28. The Bertz CT molecular complexity index is 1170. The molecule has 6 nitrogen and oxygen atoms in total. The zero-order valence-corrected chi connectivity index (χ0v) is 16.4. The molecular weight excluding hydrogens is 379 g/mol. The summed E-state index contributed by atoms with van der Waals surface area (Å²) in [6.07, 6.45) is 6.58. The summed E-state index contributed by atoms with van der Waals surface area (Å²) in [5, 5.41) is 1.00. The van der Waals surface area contributed by atoms with Crippen LogP contribution in [0.2, 0.25) is 0 Å². The van der Waals surface area contributed by atoms with Gasteiger partial charge in [-0.05, 0) is 42.3 Å². The number of nitrogens with zero attached hydrogens (tertiary/aromatic N) is 5. The van der Waals surface area contributed by atoms with Gasteiger partial charge in [0.25, 0.3) is 0 Å². The highest BCUT2D eigenvalue weighted by atomic mass is 19.1. The summed E-state index contributed by atoms with van der Waals surface area (Å²) in [6, 6.07) is 14.1. The predicted molar refractivity (Wildman–Crippen MR) is 113 cm³/mol. The summed E-state index contributed by atoms with van der Waals surface area (Å²) in [4.78, 5) is 21.5. The quantitative estimate of drug-likeness (QED) is 0.567. The number of rotatable bonds is 4. The van der Waals surface area contributed by atoms with E-state index in [0.29, 0.717) is 12.1 Å². The molecule has 0 amide bonds. The molecular formula is C23H21FN6. The molecule has 3 saturated heterocycles. The van der Waals surface area contributed by atoms with E-state index in [9.17, 15) is 4.39 Å². The number of aromatic amines is 1. The van der Waals surface area contributed by atoms with Gasteiger partial charge in [0.05, 0.1) is 5.69 Å². The van der Waals surface area contributed by atoms with Crippen LogP contribution in [0.4, 0.5) is 10.2 Å². The van der Waals surface area contributed by atoms with Gasteiger partial charge >= 0.3 is 0 Å². The molecule has 0 radical (unpaired) electrons. The highest BCUT2D eigenvalue weighted by Gasteiger charge is 2.44. The van der Waals surface area contributed by atoms with Crippen molar-refractivity contribution in [1.29, 1.82) is 0 Å². The van der Waals surface area contributed by atoms with E-state index < -0.39 is 0 Å². The monoisotopic (exact) mass is 400 g/mol. The van der Waals surface area contributed by atoms with Gasteiger partial charge in [-0.15, -0.1) is 0 Å². The number of nitrogens with one attached hydrogen (secondary N) is 1. The molecule has 3 aromatic heterocycles. The average molecular weight is 400 g/mol. The number of halogens is 1. The van der Waals surface area contributed by atoms with Crippen LogP contribution in [0.25, 0.3) is 22.3 Å². The third kappa shape index (κ3) is 2.93. The van der Waals surface area contributed by atoms with Crippen molar-refractivity contribution in [2.75, 3.05) is 18.0 Å². The van der Waals surface area contributed by atoms with Crippen molar-refractivity contribution >= 4 is 16.9 Å². The molecule has 4 aromatic rings. The molecule has 30 heavy (non-hydrogen) atoms. The van der Waals surface area contributed by atoms with Crippen LogP contribution in [-0.4, -0.2) is 50.0 Å². The van der Waals surface area contributed by atoms with Crippen molar-refractivity contribution in [2.45, 2.75) is 25.0 Å². The Hall–Kier alpha value is -3.32. The number of anilines is 1. The van der Waals surface area contributed by atoms with Gasteiger partial charge < -0.3 is 9.88 Å². The van der Waals surface area contributed by atoms with Crippen LogP contribution < -0.4 is 4.90 Å². The SMILES string of the molecule is Fc1ccc(CN2C3CC2CN(c2ccc(-c4ncnc5[nH]ccc45)cn2)C3)cc1. The van der Waals surface area contributed by atoms with Gasteiger partial charge in [0, 0.05) is 55.1 Å². The largest absolute Gasteiger partial charge is 0.353 e. The summed E-state index contributed by atoms with van der Waals surface area (Å²) < 4.78 is 13.2. The number of fused-ring (bicyclic) bond motifs is 3. The number of H-pyrrole nitrogens is 1. The van der Waals surface area contributed by atoms with E-state index in [4.69, 9.17) is 4.98 Å². The summed E-state index contributed by atoms with van der Waals surface area (Å²) in [7, 11) is 0. The molecule has 3 aliphatic rings. The molecule has 0 aliphatic carbocycles. The fourth-order valence-corrected chi connectivity index (χ4v) is 4.75. The first kappa shape index (κ1) is 17.5. The molecule has 3 fully saturated rings. The summed E-state index contributed by atoms with van der Waals surface area (Å²) >= 11 is 0. The molecule has 0 saturated carbocycles. The first-order valence-corrected chi connectivity index (χ1v) is 10.2. The van der Waals surface area contributed by atoms with Gasteiger partial charge in [0.2, 0.25) is 0 Å². The predicted octanol–water partition coefficient (Wildman–Crippen LogP) is 3.62. The molecule has 7 heteroatoms. The number of piperidine rings is 1. The molecule has 150 valence electrons. The van der Waals surface area contributed by atoms with E-state index >= 15 is 0 Å². The standard InChI is InChI=1S/C23H21FN6/c24-17-4-1-15(2-5-17)11-30-18-9-19(30)13-29(12-18)21-6-3-16(10-26-21)22-20-7-8-25-23(20)28-14-27-22/h1-8,10,14,18-19H,9,11-13H2,(H,25,27,28). The lowest BCUT2D eigenvalue weighted by atomic mass is 9.86. The van der Waals surface area contributed by atoms with Crippen LogP contribution in [-0.2, 0) is 6.54 Å². The Morgan fingerprint density at radius 3 is 2.57 bits per heavy atom. The molecule has 3 aliphatic heterocycles. The molecule has 6 heterocycles. The second kappa shape index (κ2) is 6.88. The first-order chi connectivity index (χ1) is 14.7. The lowest BCUT2D eigenvalue weighted by Gasteiger charge is -2.56. The number of piperazine rings is 1. The summed E-state index contributed by atoms with van der Waals surface area (Å²) in [6.45, 7) is 2.83. The van der Waals surface area contributed by atoms with Crippen LogP contribution in [0.5, 0.6) is 0 Å². The van der Waals surface area contributed by atoms with Crippen LogP contribution in [0.3, 0.4) is 0 Å². The Morgan fingerprint density at radius 2 is 1.80 bits per heavy atom. The van der Waals surface area contributed by atoms with Gasteiger partial charge in [-0.2, -0.15) is 0 Å². The van der Waals surface area contributed by atoms with Crippen molar-refractivity contribution < 1.29 is 4.39 Å². The fraction of sp³-hybridized carbons (Fsp3) is 0.261. The minimum atomic E-state index is -0.178. The third-order valence-corrected chi connectivity index (χ3v) is 6.32. The maximum atomic E-state index is 13.2. The Morgan fingerprint density at radius 1 is 0.967 bits per heavy atom. The maximum Gasteiger partial charge on any atom is 0.141 e. The van der Waals surface area contributed by atoms with Gasteiger partial charge in [0.1, 0.15) is 23.6 Å². The maximum absolute atomic E-state index is 13.2. The number of hydrogen-bond acceptors (Lipinski definition) is 5. The molecule has 1 aromatic carbocycles. The number of pyridine rings is 1. The Balaban J connectivity index is 1.16. The van der Waals surface area contributed by atoms with Crippen LogP contribution in [0.15, 0.2) is 61.2 Å². The normalized spacial score (nSPS) is 21.0. The molecule has 0 spiro atoms. The van der Waals surface area contributed by atoms with E-state index in [-0.39, 0.29) is 5.82 Å². The smallest absolute Gasteiger partial charge is 0.141 e. The number of hydrogen-bond donors (Lipinski definition) is 1. The van der Waals surface area contributed by atoms with Crippen molar-refractivity contribution in [1.82, 2.24) is 24.8 Å². The van der Waals surface area contributed by atoms with Gasteiger partial charge in [-0.1, -0.05) is 12.1 Å². The molecule has 2 atom stereocenters. The van der Waals surface area contributed by atoms with Crippen molar-refractivity contribution in [2.24, 2.45) is 0 Å². The van der Waals surface area contributed by atoms with Gasteiger partial charge in [-0.25, -0.2) is 19.3 Å². The Kier molecular flexibility index (Phi) is 4.02. The van der Waals surface area contributed by atoms with Crippen LogP contribution >= 0.6 is 0 Å². The zero-order valence-electron chi connectivity index (χ0n) is 16.4. The van der Waals surface area contributed by atoms with E-state index in [1.807, 2.05) is 30.6 Å². The van der Waals surface area contributed by atoms with Crippen molar-refractivity contribution in [3.05, 3.63) is 72.6 Å². The van der Waals surface area contributed by atoms with Crippen LogP contribution in [0.1, 0.15) is 12.0 Å². The van der Waals surface area contributed by atoms with Crippen molar-refractivity contribution in [3.8, 4) is 11.3 Å².